The molecule has 0 radical (unpaired) electrons. The molecule has 31 heavy (non-hydrogen) atoms. The quantitative estimate of drug-likeness (QED) is 0.287. The SMILES string of the molecule is [C-]#[N+]c1ccc(C(=C(CC)c2cccc(C=CC(=O)O)c2)c2ccc(C#N)cc2)cc1. The Morgan fingerprint density at radius 1 is 1.03 bits per heavy atom. The Morgan fingerprint density at radius 3 is 2.23 bits per heavy atom. The molecule has 0 unspecified atom stereocenters. The Hall–Kier alpha value is -4.41. The summed E-state index contributed by atoms with van der Waals surface area (Å²) >= 11 is 0. The molecule has 3 aromatic carbocycles. The summed E-state index contributed by atoms with van der Waals surface area (Å²) in [5, 5.41) is 18.1. The number of carboxylic acids is 1. The summed E-state index contributed by atoms with van der Waals surface area (Å²) in [6, 6.07) is 24.8. The number of aliphatic carboxylic acids is 1. The van der Waals surface area contributed by atoms with E-state index in [9.17, 15) is 4.79 Å². The molecule has 0 fully saturated rings. The van der Waals surface area contributed by atoms with Gasteiger partial charge in [0.2, 0.25) is 0 Å². The molecule has 0 saturated heterocycles. The van der Waals surface area contributed by atoms with Crippen LogP contribution in [0.15, 0.2) is 78.9 Å². The first kappa shape index (κ1) is 21.3. The Labute approximate surface area is 181 Å². The van der Waals surface area contributed by atoms with Gasteiger partial charge in [-0.25, -0.2) is 9.64 Å². The van der Waals surface area contributed by atoms with Gasteiger partial charge in [-0.1, -0.05) is 61.5 Å². The topological polar surface area (TPSA) is 65.4 Å². The number of carboxylic acid groups (broad SMARTS) is 1. The lowest BCUT2D eigenvalue weighted by atomic mass is 9.87. The van der Waals surface area contributed by atoms with Gasteiger partial charge in [0.05, 0.1) is 18.2 Å². The number of nitrogens with zero attached hydrogens (tertiary/aromatic N) is 2. The molecular weight excluding hydrogens is 384 g/mol. The molecule has 0 aliphatic carbocycles. The molecule has 0 amide bonds. The summed E-state index contributed by atoms with van der Waals surface area (Å²) < 4.78 is 0. The van der Waals surface area contributed by atoms with Gasteiger partial charge in [-0.3, -0.25) is 0 Å². The third-order valence-corrected chi connectivity index (χ3v) is 4.90. The minimum absolute atomic E-state index is 0.571. The van der Waals surface area contributed by atoms with E-state index in [1.54, 1.807) is 30.3 Å². The van der Waals surface area contributed by atoms with E-state index in [4.69, 9.17) is 16.9 Å². The minimum atomic E-state index is -0.991. The van der Waals surface area contributed by atoms with E-state index in [1.165, 1.54) is 0 Å². The maximum atomic E-state index is 10.9. The molecule has 0 spiro atoms. The van der Waals surface area contributed by atoms with Crippen molar-refractivity contribution in [3.63, 3.8) is 0 Å². The average Bonchev–Trinajstić information content (AvgIpc) is 2.81. The van der Waals surface area contributed by atoms with Crippen LogP contribution < -0.4 is 0 Å². The molecule has 0 saturated carbocycles. The van der Waals surface area contributed by atoms with Crippen molar-refractivity contribution in [3.05, 3.63) is 118 Å². The fourth-order valence-electron chi connectivity index (χ4n) is 3.45. The zero-order chi connectivity index (χ0) is 22.2. The highest BCUT2D eigenvalue weighted by molar-refractivity contribution is 5.99. The predicted octanol–water partition coefficient (Wildman–Crippen LogP) is 6.58. The van der Waals surface area contributed by atoms with Crippen molar-refractivity contribution >= 4 is 28.9 Å². The third-order valence-electron chi connectivity index (χ3n) is 4.90. The van der Waals surface area contributed by atoms with Gasteiger partial charge in [0, 0.05) is 6.08 Å². The highest BCUT2D eigenvalue weighted by atomic mass is 16.4. The first-order valence-electron chi connectivity index (χ1n) is 9.78. The van der Waals surface area contributed by atoms with Gasteiger partial charge in [0.1, 0.15) is 0 Å². The number of benzene rings is 3. The third kappa shape index (κ3) is 5.15. The van der Waals surface area contributed by atoms with E-state index in [0.29, 0.717) is 11.3 Å². The monoisotopic (exact) mass is 404 g/mol. The van der Waals surface area contributed by atoms with E-state index in [2.05, 4.69) is 17.8 Å². The van der Waals surface area contributed by atoms with Crippen LogP contribution in [0.4, 0.5) is 5.69 Å². The first-order chi connectivity index (χ1) is 15.0. The smallest absolute Gasteiger partial charge is 0.328 e. The van der Waals surface area contributed by atoms with Gasteiger partial charge in [-0.05, 0) is 64.1 Å². The molecule has 150 valence electrons. The van der Waals surface area contributed by atoms with Crippen molar-refractivity contribution in [1.82, 2.24) is 0 Å². The standard InChI is InChI=1S/C27H20N2O2/c1-3-25(23-6-4-5-19(17-23)9-16-26(30)31)27(21-10-7-20(18-28)8-11-21)22-12-14-24(29-2)15-13-22/h4-17H,3H2,1H3,(H,30,31). The predicted molar refractivity (Wildman–Crippen MR) is 123 cm³/mol. The highest BCUT2D eigenvalue weighted by Gasteiger charge is 2.13. The van der Waals surface area contributed by atoms with Gasteiger partial charge in [-0.2, -0.15) is 5.26 Å². The Balaban J connectivity index is 2.23. The zero-order valence-electron chi connectivity index (χ0n) is 17.0. The fourth-order valence-corrected chi connectivity index (χ4v) is 3.45. The highest BCUT2D eigenvalue weighted by Crippen LogP contribution is 2.35. The Kier molecular flexibility index (Phi) is 6.78. The Morgan fingerprint density at radius 2 is 1.68 bits per heavy atom. The van der Waals surface area contributed by atoms with Crippen molar-refractivity contribution < 1.29 is 9.90 Å². The molecular formula is C27H20N2O2. The van der Waals surface area contributed by atoms with Crippen molar-refractivity contribution in [2.75, 3.05) is 0 Å². The average molecular weight is 404 g/mol. The molecule has 1 N–H and O–H groups in total. The molecule has 0 aliphatic rings. The normalized spacial score (nSPS) is 11.5. The number of carbonyl (C=O) groups is 1. The fraction of sp³-hybridized carbons (Fsp3) is 0.0741. The molecule has 0 aliphatic heterocycles. The van der Waals surface area contributed by atoms with Crippen LogP contribution in [-0.2, 0) is 4.79 Å². The molecule has 0 atom stereocenters. The second-order valence-corrected chi connectivity index (χ2v) is 6.85. The van der Waals surface area contributed by atoms with Gasteiger partial charge in [-0.15, -0.1) is 0 Å². The second kappa shape index (κ2) is 9.87. The van der Waals surface area contributed by atoms with Crippen LogP contribution in [0.2, 0.25) is 0 Å². The van der Waals surface area contributed by atoms with E-state index < -0.39 is 5.97 Å². The summed E-state index contributed by atoms with van der Waals surface area (Å²) in [7, 11) is 0. The summed E-state index contributed by atoms with van der Waals surface area (Å²) in [6.45, 7) is 9.29. The molecule has 0 aromatic heterocycles. The van der Waals surface area contributed by atoms with Crippen molar-refractivity contribution in [2.45, 2.75) is 13.3 Å². The van der Waals surface area contributed by atoms with Gasteiger partial charge >= 0.3 is 5.97 Å². The largest absolute Gasteiger partial charge is 0.478 e. The summed E-state index contributed by atoms with van der Waals surface area (Å²) in [6.07, 6.45) is 3.44. The summed E-state index contributed by atoms with van der Waals surface area (Å²) in [5.41, 5.74) is 7.00. The zero-order valence-corrected chi connectivity index (χ0v) is 17.0. The van der Waals surface area contributed by atoms with Crippen molar-refractivity contribution in [1.29, 1.82) is 5.26 Å². The molecule has 4 heteroatoms. The molecule has 4 nitrogen and oxygen atoms in total. The van der Waals surface area contributed by atoms with Crippen molar-refractivity contribution in [3.8, 4) is 6.07 Å². The second-order valence-electron chi connectivity index (χ2n) is 6.85. The molecule has 3 rings (SSSR count). The van der Waals surface area contributed by atoms with E-state index in [0.717, 1.165) is 45.9 Å². The van der Waals surface area contributed by atoms with Crippen LogP contribution in [0.3, 0.4) is 0 Å². The van der Waals surface area contributed by atoms with Gasteiger partial charge in [0.15, 0.2) is 5.69 Å². The lowest BCUT2D eigenvalue weighted by Gasteiger charge is -2.17. The van der Waals surface area contributed by atoms with Crippen LogP contribution in [-0.4, -0.2) is 11.1 Å². The van der Waals surface area contributed by atoms with Crippen LogP contribution >= 0.6 is 0 Å². The molecule has 0 heterocycles. The number of hydrogen-bond acceptors (Lipinski definition) is 2. The molecule has 0 bridgehead atoms. The number of nitriles is 1. The lowest BCUT2D eigenvalue weighted by Crippen LogP contribution is -1.96. The number of rotatable bonds is 6. The summed E-state index contributed by atoms with van der Waals surface area (Å²) in [4.78, 5) is 14.4. The number of hydrogen-bond donors (Lipinski definition) is 1. The van der Waals surface area contributed by atoms with Crippen LogP contribution in [0.25, 0.3) is 22.1 Å². The Bertz CT molecular complexity index is 1180. The maximum absolute atomic E-state index is 10.9. The van der Waals surface area contributed by atoms with E-state index in [-0.39, 0.29) is 0 Å². The molecule has 3 aromatic rings. The van der Waals surface area contributed by atoms with Gasteiger partial charge in [0.25, 0.3) is 0 Å². The van der Waals surface area contributed by atoms with Crippen molar-refractivity contribution in [2.24, 2.45) is 0 Å². The number of allylic oxidation sites excluding steroid dienone is 1. The minimum Gasteiger partial charge on any atom is -0.478 e. The van der Waals surface area contributed by atoms with Gasteiger partial charge < -0.3 is 5.11 Å². The van der Waals surface area contributed by atoms with Crippen LogP contribution in [0.5, 0.6) is 0 Å². The van der Waals surface area contributed by atoms with Crippen LogP contribution in [0.1, 0.15) is 41.2 Å². The summed E-state index contributed by atoms with van der Waals surface area (Å²) in [5.74, 6) is -0.991. The maximum Gasteiger partial charge on any atom is 0.328 e. The first-order valence-corrected chi connectivity index (χ1v) is 9.78. The lowest BCUT2D eigenvalue weighted by molar-refractivity contribution is -0.131. The van der Waals surface area contributed by atoms with E-state index in [1.807, 2.05) is 48.5 Å². The van der Waals surface area contributed by atoms with Crippen LogP contribution in [0, 0.1) is 17.9 Å². The van der Waals surface area contributed by atoms with E-state index >= 15 is 0 Å².